The van der Waals surface area contributed by atoms with E-state index in [4.69, 9.17) is 4.74 Å². The van der Waals surface area contributed by atoms with Crippen molar-refractivity contribution in [3.8, 4) is 0 Å². The zero-order valence-corrected chi connectivity index (χ0v) is 7.62. The van der Waals surface area contributed by atoms with E-state index in [2.05, 4.69) is 6.08 Å². The maximum absolute atomic E-state index is 11.3. The second kappa shape index (κ2) is 4.14. The minimum atomic E-state index is -0.200. The minimum absolute atomic E-state index is 0.0246. The van der Waals surface area contributed by atoms with Crippen LogP contribution in [0.1, 0.15) is 20.3 Å². The van der Waals surface area contributed by atoms with Gasteiger partial charge in [0.25, 0.3) is 0 Å². The molecule has 0 aromatic carbocycles. The van der Waals surface area contributed by atoms with Crippen molar-refractivity contribution in [2.24, 2.45) is 0 Å². The Morgan fingerprint density at radius 3 is 2.75 bits per heavy atom. The first-order valence-electron chi connectivity index (χ1n) is 4.30. The summed E-state index contributed by atoms with van der Waals surface area (Å²) < 4.78 is 5.04. The average Bonchev–Trinajstić information content (AvgIpc) is 2.05. The summed E-state index contributed by atoms with van der Waals surface area (Å²) in [5.41, 5.74) is 0. The summed E-state index contributed by atoms with van der Waals surface area (Å²) in [5, 5.41) is 0. The van der Waals surface area contributed by atoms with Crippen molar-refractivity contribution in [2.45, 2.75) is 26.4 Å². The van der Waals surface area contributed by atoms with Crippen LogP contribution in [0, 0.1) is 0 Å². The van der Waals surface area contributed by atoms with Gasteiger partial charge in [-0.15, -0.1) is 0 Å². The van der Waals surface area contributed by atoms with Gasteiger partial charge in [-0.3, -0.25) is 0 Å². The zero-order chi connectivity index (χ0) is 8.97. The van der Waals surface area contributed by atoms with Crippen molar-refractivity contribution < 1.29 is 9.53 Å². The molecule has 3 heteroatoms. The summed E-state index contributed by atoms with van der Waals surface area (Å²) >= 11 is 0. The van der Waals surface area contributed by atoms with Crippen LogP contribution in [0.25, 0.3) is 0 Å². The minimum Gasteiger partial charge on any atom is -0.447 e. The van der Waals surface area contributed by atoms with E-state index in [-0.39, 0.29) is 12.2 Å². The van der Waals surface area contributed by atoms with Crippen LogP contribution < -0.4 is 0 Å². The lowest BCUT2D eigenvalue weighted by Crippen LogP contribution is -2.35. The maximum Gasteiger partial charge on any atom is 0.410 e. The number of amides is 1. The van der Waals surface area contributed by atoms with Crippen molar-refractivity contribution in [1.29, 1.82) is 0 Å². The summed E-state index contributed by atoms with van der Waals surface area (Å²) in [6, 6.07) is 0. The van der Waals surface area contributed by atoms with Crippen molar-refractivity contribution >= 4 is 6.09 Å². The number of hydrogen-bond acceptors (Lipinski definition) is 2. The molecule has 0 saturated heterocycles. The third kappa shape index (κ3) is 2.57. The van der Waals surface area contributed by atoms with E-state index in [1.807, 2.05) is 19.9 Å². The first kappa shape index (κ1) is 9.10. The zero-order valence-electron chi connectivity index (χ0n) is 7.62. The number of hydrogen-bond donors (Lipinski definition) is 0. The summed E-state index contributed by atoms with van der Waals surface area (Å²) in [4.78, 5) is 13.0. The van der Waals surface area contributed by atoms with Gasteiger partial charge in [0, 0.05) is 13.1 Å². The Hall–Kier alpha value is -0.990. The highest BCUT2D eigenvalue weighted by molar-refractivity contribution is 5.68. The highest BCUT2D eigenvalue weighted by Crippen LogP contribution is 2.04. The molecule has 0 spiro atoms. The molecule has 68 valence electrons. The summed E-state index contributed by atoms with van der Waals surface area (Å²) in [6.45, 7) is 5.18. The number of ether oxygens (including phenoxy) is 1. The van der Waals surface area contributed by atoms with E-state index < -0.39 is 0 Å². The van der Waals surface area contributed by atoms with E-state index in [9.17, 15) is 4.79 Å². The lowest BCUT2D eigenvalue weighted by atomic mass is 10.3. The van der Waals surface area contributed by atoms with Crippen LogP contribution in [-0.4, -0.2) is 30.2 Å². The van der Waals surface area contributed by atoms with Gasteiger partial charge in [0.2, 0.25) is 0 Å². The highest BCUT2D eigenvalue weighted by Gasteiger charge is 2.15. The molecule has 0 aromatic heterocycles. The fourth-order valence-electron chi connectivity index (χ4n) is 1.08. The van der Waals surface area contributed by atoms with Crippen LogP contribution in [0.3, 0.4) is 0 Å². The highest BCUT2D eigenvalue weighted by atomic mass is 16.6. The molecule has 12 heavy (non-hydrogen) atoms. The Morgan fingerprint density at radius 1 is 1.50 bits per heavy atom. The number of carbonyl (C=O) groups excluding carboxylic acids is 1. The van der Waals surface area contributed by atoms with Gasteiger partial charge in [-0.05, 0) is 20.3 Å². The lowest BCUT2D eigenvalue weighted by molar-refractivity contribution is 0.0796. The van der Waals surface area contributed by atoms with Gasteiger partial charge >= 0.3 is 6.09 Å². The summed E-state index contributed by atoms with van der Waals surface area (Å²) in [5.74, 6) is 0. The van der Waals surface area contributed by atoms with Gasteiger partial charge in [0.1, 0.15) is 0 Å². The Labute approximate surface area is 73.0 Å². The van der Waals surface area contributed by atoms with Gasteiger partial charge in [-0.2, -0.15) is 0 Å². The second-order valence-corrected chi connectivity index (χ2v) is 3.14. The number of carbonyl (C=O) groups is 1. The molecule has 0 aliphatic carbocycles. The van der Waals surface area contributed by atoms with E-state index in [1.54, 1.807) is 4.90 Å². The molecule has 1 rings (SSSR count). The topological polar surface area (TPSA) is 29.5 Å². The third-order valence-corrected chi connectivity index (χ3v) is 1.65. The largest absolute Gasteiger partial charge is 0.447 e. The predicted molar refractivity (Wildman–Crippen MR) is 46.9 cm³/mol. The first-order valence-corrected chi connectivity index (χ1v) is 4.30. The Balaban J connectivity index is 2.36. The molecule has 0 unspecified atom stereocenters. The SMILES string of the molecule is CC(C)OC(=O)N1CC=CCC1. The predicted octanol–water partition coefficient (Wildman–Crippen LogP) is 1.79. The molecule has 0 N–H and O–H groups in total. The van der Waals surface area contributed by atoms with Gasteiger partial charge in [0.15, 0.2) is 0 Å². The van der Waals surface area contributed by atoms with E-state index in [0.29, 0.717) is 6.54 Å². The van der Waals surface area contributed by atoms with Gasteiger partial charge in [-0.25, -0.2) is 4.79 Å². The molecule has 1 heterocycles. The fraction of sp³-hybridized carbons (Fsp3) is 0.667. The molecule has 0 fully saturated rings. The molecule has 3 nitrogen and oxygen atoms in total. The van der Waals surface area contributed by atoms with Gasteiger partial charge in [0.05, 0.1) is 6.10 Å². The van der Waals surface area contributed by atoms with E-state index >= 15 is 0 Å². The van der Waals surface area contributed by atoms with Crippen molar-refractivity contribution in [3.05, 3.63) is 12.2 Å². The third-order valence-electron chi connectivity index (χ3n) is 1.65. The molecular formula is C9H15NO2. The van der Waals surface area contributed by atoms with Crippen LogP contribution in [0.5, 0.6) is 0 Å². The molecular weight excluding hydrogens is 154 g/mol. The second-order valence-electron chi connectivity index (χ2n) is 3.14. The normalized spacial score (nSPS) is 16.8. The van der Waals surface area contributed by atoms with Gasteiger partial charge < -0.3 is 9.64 Å². The molecule has 1 aliphatic heterocycles. The van der Waals surface area contributed by atoms with E-state index in [1.165, 1.54) is 0 Å². The van der Waals surface area contributed by atoms with Crippen LogP contribution in [0.4, 0.5) is 4.79 Å². The molecule has 1 aliphatic rings. The average molecular weight is 169 g/mol. The lowest BCUT2D eigenvalue weighted by Gasteiger charge is -2.23. The Morgan fingerprint density at radius 2 is 2.25 bits per heavy atom. The molecule has 0 radical (unpaired) electrons. The van der Waals surface area contributed by atoms with Crippen LogP contribution in [0.2, 0.25) is 0 Å². The number of rotatable bonds is 1. The first-order chi connectivity index (χ1) is 5.70. The molecule has 0 aromatic rings. The van der Waals surface area contributed by atoms with Crippen LogP contribution >= 0.6 is 0 Å². The van der Waals surface area contributed by atoms with Crippen molar-refractivity contribution in [2.75, 3.05) is 13.1 Å². The fourth-order valence-corrected chi connectivity index (χ4v) is 1.08. The Bertz CT molecular complexity index is 187. The standard InChI is InChI=1S/C9H15NO2/c1-8(2)12-9(11)10-6-4-3-5-7-10/h3-4,8H,5-7H2,1-2H3. The molecule has 1 amide bonds. The van der Waals surface area contributed by atoms with Gasteiger partial charge in [-0.1, -0.05) is 12.2 Å². The molecule has 0 saturated carbocycles. The van der Waals surface area contributed by atoms with Crippen LogP contribution in [0.15, 0.2) is 12.2 Å². The number of nitrogens with zero attached hydrogens (tertiary/aromatic N) is 1. The molecule has 0 atom stereocenters. The Kier molecular flexibility index (Phi) is 3.14. The monoisotopic (exact) mass is 169 g/mol. The molecule has 0 bridgehead atoms. The summed E-state index contributed by atoms with van der Waals surface area (Å²) in [6.07, 6.45) is 4.79. The smallest absolute Gasteiger partial charge is 0.410 e. The maximum atomic E-state index is 11.3. The van der Waals surface area contributed by atoms with Crippen molar-refractivity contribution in [1.82, 2.24) is 4.90 Å². The van der Waals surface area contributed by atoms with Crippen LogP contribution in [-0.2, 0) is 4.74 Å². The summed E-state index contributed by atoms with van der Waals surface area (Å²) in [7, 11) is 0. The quantitative estimate of drug-likeness (QED) is 0.560. The van der Waals surface area contributed by atoms with Crippen molar-refractivity contribution in [3.63, 3.8) is 0 Å². The van der Waals surface area contributed by atoms with E-state index in [0.717, 1.165) is 13.0 Å².